The van der Waals surface area contributed by atoms with Gasteiger partial charge in [-0.1, -0.05) is 0 Å². The first kappa shape index (κ1) is 17.0. The number of aromatic carboxylic acids is 1. The second-order valence-corrected chi connectivity index (χ2v) is 7.40. The number of rotatable bonds is 5. The van der Waals surface area contributed by atoms with Gasteiger partial charge in [-0.3, -0.25) is 0 Å². The van der Waals surface area contributed by atoms with Crippen LogP contribution in [0.4, 0.5) is 5.69 Å². The van der Waals surface area contributed by atoms with Gasteiger partial charge in [0.1, 0.15) is 0 Å². The third-order valence-electron chi connectivity index (χ3n) is 3.55. The van der Waals surface area contributed by atoms with Crippen molar-refractivity contribution in [3.63, 3.8) is 0 Å². The fraction of sp³-hybridized carbons (Fsp3) is 0.105. The molecule has 0 amide bonds. The number of hydrogen-bond acceptors (Lipinski definition) is 3. The summed E-state index contributed by atoms with van der Waals surface area (Å²) in [6.45, 7) is 9.47. The van der Waals surface area contributed by atoms with Crippen molar-refractivity contribution in [1.82, 2.24) is 4.98 Å². The first-order valence-corrected chi connectivity index (χ1v) is 9.19. The molecular formula is C19H14N2O3Se. The summed E-state index contributed by atoms with van der Waals surface area (Å²) in [7, 11) is 0. The van der Waals surface area contributed by atoms with Crippen LogP contribution in [-0.2, 0) is 6.61 Å². The number of aryl methyl sites for hydroxylation is 1. The fourth-order valence-corrected chi connectivity index (χ4v) is 4.20. The van der Waals surface area contributed by atoms with Crippen LogP contribution in [0.15, 0.2) is 48.5 Å². The molecule has 1 heterocycles. The molecule has 0 aliphatic heterocycles. The number of aromatic nitrogens is 1. The molecule has 1 N–H and O–H groups in total. The summed E-state index contributed by atoms with van der Waals surface area (Å²) in [6.07, 6.45) is 0. The van der Waals surface area contributed by atoms with Crippen molar-refractivity contribution in [3.05, 3.63) is 75.6 Å². The third-order valence-corrected chi connectivity index (χ3v) is 6.06. The standard InChI is InChI=1S/C19H14N2O3Se/c1-12-17(19(22)23)25-18(21-12)14-8-9-16(15(10-14)20-2)24-11-13-6-4-3-5-7-13/h3-10H,11H2,1H3,(H,22,23). The number of carbonyl (C=O) groups is 1. The monoisotopic (exact) mass is 398 g/mol. The van der Waals surface area contributed by atoms with Crippen molar-refractivity contribution < 1.29 is 14.6 Å². The van der Waals surface area contributed by atoms with Crippen LogP contribution in [-0.4, -0.2) is 30.6 Å². The molecule has 0 bridgehead atoms. The molecule has 124 valence electrons. The molecule has 1 aromatic heterocycles. The van der Waals surface area contributed by atoms with Gasteiger partial charge in [0, 0.05) is 0 Å². The van der Waals surface area contributed by atoms with Gasteiger partial charge in [-0.05, 0) is 0 Å². The molecule has 0 unspecified atom stereocenters. The van der Waals surface area contributed by atoms with Crippen LogP contribution in [0.25, 0.3) is 15.0 Å². The molecule has 3 rings (SSSR count). The summed E-state index contributed by atoms with van der Waals surface area (Å²) in [5.74, 6) is -0.415. The Balaban J connectivity index is 1.86. The molecule has 25 heavy (non-hydrogen) atoms. The van der Waals surface area contributed by atoms with E-state index in [1.807, 2.05) is 36.4 Å². The van der Waals surface area contributed by atoms with Crippen molar-refractivity contribution in [2.45, 2.75) is 13.5 Å². The molecule has 0 aliphatic carbocycles. The zero-order valence-corrected chi connectivity index (χ0v) is 15.1. The van der Waals surface area contributed by atoms with E-state index < -0.39 is 5.97 Å². The van der Waals surface area contributed by atoms with Crippen molar-refractivity contribution >= 4 is 26.2 Å². The Morgan fingerprint density at radius 2 is 2.04 bits per heavy atom. The first-order valence-electron chi connectivity index (χ1n) is 7.48. The van der Waals surface area contributed by atoms with E-state index >= 15 is 0 Å². The van der Waals surface area contributed by atoms with Crippen LogP contribution in [0, 0.1) is 13.5 Å². The molecule has 0 atom stereocenters. The second kappa shape index (κ2) is 7.35. The van der Waals surface area contributed by atoms with Crippen LogP contribution >= 0.6 is 0 Å². The number of hydrogen-bond donors (Lipinski definition) is 1. The van der Waals surface area contributed by atoms with Crippen molar-refractivity contribution in [3.8, 4) is 15.9 Å². The Hall–Kier alpha value is -2.87. The summed E-state index contributed by atoms with van der Waals surface area (Å²) in [5, 5.41) is 9.19. The average Bonchev–Trinajstić information content (AvgIpc) is 3.02. The normalized spacial score (nSPS) is 10.2. The molecule has 0 saturated carbocycles. The molecule has 5 nitrogen and oxygen atoms in total. The number of carboxylic acid groups (broad SMARTS) is 1. The van der Waals surface area contributed by atoms with E-state index in [0.29, 0.717) is 28.2 Å². The predicted octanol–water partition coefficient (Wildman–Crippen LogP) is 3.94. The summed E-state index contributed by atoms with van der Waals surface area (Å²) in [4.78, 5) is 19.1. The summed E-state index contributed by atoms with van der Waals surface area (Å²) >= 11 is -0.359. The molecule has 0 aliphatic rings. The van der Waals surface area contributed by atoms with E-state index in [1.165, 1.54) is 0 Å². The fourth-order valence-electron chi connectivity index (χ4n) is 2.31. The summed E-state index contributed by atoms with van der Waals surface area (Å²) in [5.41, 5.74) is 2.73. The van der Waals surface area contributed by atoms with Crippen molar-refractivity contribution in [2.75, 3.05) is 0 Å². The third kappa shape index (κ3) is 3.80. The molecule has 0 saturated heterocycles. The maximum absolute atomic E-state index is 11.2. The summed E-state index contributed by atoms with van der Waals surface area (Å²) < 4.78 is 6.84. The van der Waals surface area contributed by atoms with Gasteiger partial charge < -0.3 is 0 Å². The van der Waals surface area contributed by atoms with Gasteiger partial charge in [0.25, 0.3) is 0 Å². The average molecular weight is 397 g/mol. The van der Waals surface area contributed by atoms with Crippen molar-refractivity contribution in [2.24, 2.45) is 0 Å². The minimum atomic E-state index is -0.926. The molecular weight excluding hydrogens is 383 g/mol. The Morgan fingerprint density at radius 3 is 2.68 bits per heavy atom. The number of ether oxygens (including phenoxy) is 1. The number of benzene rings is 2. The maximum atomic E-state index is 11.2. The van der Waals surface area contributed by atoms with E-state index in [9.17, 15) is 9.90 Å². The van der Waals surface area contributed by atoms with E-state index in [-0.39, 0.29) is 14.5 Å². The quantitative estimate of drug-likeness (QED) is 0.523. The topological polar surface area (TPSA) is 63.8 Å². The number of nitrogens with zero attached hydrogens (tertiary/aromatic N) is 2. The Bertz CT molecular complexity index is 959. The molecule has 3 aromatic rings. The van der Waals surface area contributed by atoms with E-state index in [2.05, 4.69) is 9.83 Å². The van der Waals surface area contributed by atoms with Gasteiger partial charge in [-0.2, -0.15) is 0 Å². The van der Waals surface area contributed by atoms with Gasteiger partial charge in [-0.15, -0.1) is 0 Å². The van der Waals surface area contributed by atoms with Gasteiger partial charge in [0.2, 0.25) is 0 Å². The van der Waals surface area contributed by atoms with Gasteiger partial charge >= 0.3 is 151 Å². The predicted molar refractivity (Wildman–Crippen MR) is 95.3 cm³/mol. The van der Waals surface area contributed by atoms with Crippen LogP contribution in [0.1, 0.15) is 20.5 Å². The van der Waals surface area contributed by atoms with Crippen LogP contribution < -0.4 is 4.74 Å². The van der Waals surface area contributed by atoms with Crippen molar-refractivity contribution in [1.29, 1.82) is 0 Å². The Labute approximate surface area is 151 Å². The van der Waals surface area contributed by atoms with E-state index in [4.69, 9.17) is 11.3 Å². The van der Waals surface area contributed by atoms with Gasteiger partial charge in [-0.25, -0.2) is 0 Å². The number of carboxylic acids is 1. The van der Waals surface area contributed by atoms with E-state index in [1.54, 1.807) is 19.1 Å². The zero-order chi connectivity index (χ0) is 17.8. The molecule has 0 spiro atoms. The van der Waals surface area contributed by atoms with E-state index in [0.717, 1.165) is 15.7 Å². The molecule has 6 heteroatoms. The SMILES string of the molecule is [C-]#[N+]c1cc(-c2nc(C)c(C(=O)O)[se]2)ccc1OCc1ccccc1. The van der Waals surface area contributed by atoms with Gasteiger partial charge in [0.15, 0.2) is 0 Å². The summed E-state index contributed by atoms with van der Waals surface area (Å²) in [6, 6.07) is 15.0. The first-order chi connectivity index (χ1) is 12.1. The Kier molecular flexibility index (Phi) is 4.99. The zero-order valence-electron chi connectivity index (χ0n) is 13.4. The molecule has 0 radical (unpaired) electrons. The van der Waals surface area contributed by atoms with Gasteiger partial charge in [0.05, 0.1) is 0 Å². The Morgan fingerprint density at radius 1 is 1.28 bits per heavy atom. The second-order valence-electron chi connectivity index (χ2n) is 5.31. The molecule has 2 aromatic carbocycles. The van der Waals surface area contributed by atoms with Crippen LogP contribution in [0.3, 0.4) is 0 Å². The minimum absolute atomic E-state index is 0.358. The molecule has 0 fully saturated rings. The van der Waals surface area contributed by atoms with Crippen LogP contribution in [0.5, 0.6) is 5.75 Å². The van der Waals surface area contributed by atoms with Crippen LogP contribution in [0.2, 0.25) is 0 Å².